The van der Waals surface area contributed by atoms with Crippen molar-refractivity contribution in [2.24, 2.45) is 0 Å². The summed E-state index contributed by atoms with van der Waals surface area (Å²) in [7, 11) is 0. The fourth-order valence-electron chi connectivity index (χ4n) is 1.09. The van der Waals surface area contributed by atoms with Crippen LogP contribution >= 0.6 is 0 Å². The van der Waals surface area contributed by atoms with Crippen molar-refractivity contribution < 1.29 is 10.1 Å². The van der Waals surface area contributed by atoms with Crippen LogP contribution in [0.15, 0.2) is 12.1 Å². The molecule has 0 heterocycles. The molecular formula is C7H7N3O5-2. The number of nitrogens with one attached hydrogen (secondary N) is 1. The summed E-state index contributed by atoms with van der Waals surface area (Å²) in [5.74, 6) is 0. The first-order chi connectivity index (χ1) is 6.97. The summed E-state index contributed by atoms with van der Waals surface area (Å²) in [6, 6.07) is 1.89. The third-order valence-corrected chi connectivity index (χ3v) is 1.89. The lowest BCUT2D eigenvalue weighted by atomic mass is 10.1. The fourth-order valence-corrected chi connectivity index (χ4v) is 1.09. The second-order valence-electron chi connectivity index (χ2n) is 2.77. The van der Waals surface area contributed by atoms with Gasteiger partial charge in [-0.05, 0) is 13.0 Å². The average molecular weight is 213 g/mol. The van der Waals surface area contributed by atoms with E-state index in [0.717, 1.165) is 12.1 Å². The van der Waals surface area contributed by atoms with Crippen molar-refractivity contribution in [3.63, 3.8) is 0 Å². The Morgan fingerprint density at radius 2 is 2.13 bits per heavy atom. The van der Waals surface area contributed by atoms with Crippen LogP contribution in [0.3, 0.4) is 0 Å². The van der Waals surface area contributed by atoms with Crippen LogP contribution in [0, 0.1) is 27.5 Å². The van der Waals surface area contributed by atoms with Gasteiger partial charge in [0.2, 0.25) is 0 Å². The zero-order valence-corrected chi connectivity index (χ0v) is 7.63. The number of rotatable bonds is 3. The fraction of sp³-hybridized carbons (Fsp3) is 0.143. The minimum atomic E-state index is -0.747. The highest BCUT2D eigenvalue weighted by Crippen LogP contribution is 2.31. The summed E-state index contributed by atoms with van der Waals surface area (Å²) in [6.07, 6.45) is 0. The molecule has 1 rings (SSSR count). The van der Waals surface area contributed by atoms with Crippen LogP contribution in [-0.2, 0) is 0 Å². The lowest BCUT2D eigenvalue weighted by Crippen LogP contribution is -2.08. The molecule has 0 aliphatic rings. The van der Waals surface area contributed by atoms with Gasteiger partial charge in [-0.25, -0.2) is 0 Å². The van der Waals surface area contributed by atoms with Crippen LogP contribution in [0.1, 0.15) is 5.56 Å². The Kier molecular flexibility index (Phi) is 3.04. The van der Waals surface area contributed by atoms with Crippen molar-refractivity contribution in [1.82, 2.24) is 0 Å². The molecule has 0 aliphatic heterocycles. The van der Waals surface area contributed by atoms with E-state index in [1.54, 1.807) is 0 Å². The van der Waals surface area contributed by atoms with Crippen molar-refractivity contribution in [1.29, 1.82) is 0 Å². The highest BCUT2D eigenvalue weighted by Gasteiger charge is 2.15. The highest BCUT2D eigenvalue weighted by atomic mass is 16.8. The standard InChI is InChI=1S/C7H7N3O5/c1-4-6(8-11)2-5(9(12)13)3-7(4)10(14)15/h2-3,8,12H,1H3/q-2. The molecule has 0 fully saturated rings. The molecule has 0 aromatic heterocycles. The summed E-state index contributed by atoms with van der Waals surface area (Å²) in [4.78, 5) is 9.79. The molecule has 0 unspecified atom stereocenters. The molecule has 8 nitrogen and oxygen atoms in total. The molecule has 0 bridgehead atoms. The number of benzene rings is 1. The number of nitro benzene ring substituents is 1. The van der Waals surface area contributed by atoms with Crippen LogP contribution in [0.25, 0.3) is 0 Å². The zero-order chi connectivity index (χ0) is 11.6. The third kappa shape index (κ3) is 2.13. The molecule has 15 heavy (non-hydrogen) atoms. The van der Waals surface area contributed by atoms with E-state index in [0.29, 0.717) is 0 Å². The molecule has 0 spiro atoms. The largest absolute Gasteiger partial charge is 0.761 e. The topological polar surface area (TPSA) is 125 Å². The molecule has 0 atom stereocenters. The van der Waals surface area contributed by atoms with Crippen molar-refractivity contribution in [2.75, 3.05) is 10.7 Å². The second kappa shape index (κ2) is 4.09. The highest BCUT2D eigenvalue weighted by molar-refractivity contribution is 5.69. The van der Waals surface area contributed by atoms with Gasteiger partial charge in [0.25, 0.3) is 5.69 Å². The zero-order valence-electron chi connectivity index (χ0n) is 7.63. The molecule has 82 valence electrons. The van der Waals surface area contributed by atoms with Crippen molar-refractivity contribution in [2.45, 2.75) is 6.92 Å². The van der Waals surface area contributed by atoms with Gasteiger partial charge < -0.3 is 21.1 Å². The van der Waals surface area contributed by atoms with Crippen LogP contribution in [-0.4, -0.2) is 10.1 Å². The Bertz CT molecular complexity index is 392. The Morgan fingerprint density at radius 1 is 1.53 bits per heavy atom. The SMILES string of the molecule is Cc1c(N[O-])cc(N([O-])O)cc1[N+](=O)[O-]. The quantitative estimate of drug-likeness (QED) is 0.575. The summed E-state index contributed by atoms with van der Waals surface area (Å²) >= 11 is 0. The minimum Gasteiger partial charge on any atom is -0.761 e. The average Bonchev–Trinajstić information content (AvgIpc) is 2.17. The maximum atomic E-state index is 10.5. The van der Waals surface area contributed by atoms with Crippen LogP contribution in [0.5, 0.6) is 0 Å². The van der Waals surface area contributed by atoms with Gasteiger partial charge >= 0.3 is 0 Å². The molecular weight excluding hydrogens is 206 g/mol. The van der Waals surface area contributed by atoms with E-state index in [4.69, 9.17) is 5.21 Å². The summed E-state index contributed by atoms with van der Waals surface area (Å²) < 4.78 is 0. The first kappa shape index (κ1) is 11.2. The van der Waals surface area contributed by atoms with Crippen LogP contribution in [0.4, 0.5) is 17.1 Å². The van der Waals surface area contributed by atoms with E-state index in [9.17, 15) is 20.5 Å². The molecule has 2 N–H and O–H groups in total. The summed E-state index contributed by atoms with van der Waals surface area (Å²) in [6.45, 7) is 1.36. The molecule has 0 amide bonds. The van der Waals surface area contributed by atoms with Gasteiger partial charge in [-0.1, -0.05) is 0 Å². The van der Waals surface area contributed by atoms with E-state index in [1.807, 2.05) is 0 Å². The van der Waals surface area contributed by atoms with Gasteiger partial charge in [0.15, 0.2) is 0 Å². The Morgan fingerprint density at radius 3 is 2.53 bits per heavy atom. The van der Waals surface area contributed by atoms with E-state index >= 15 is 0 Å². The number of hydrogen-bond donors (Lipinski definition) is 2. The number of nitrogens with zero attached hydrogens (tertiary/aromatic N) is 2. The molecule has 0 saturated heterocycles. The third-order valence-electron chi connectivity index (χ3n) is 1.89. The lowest BCUT2D eigenvalue weighted by Gasteiger charge is -2.23. The summed E-state index contributed by atoms with van der Waals surface area (Å²) in [5.41, 5.74) is 0.622. The van der Waals surface area contributed by atoms with Gasteiger partial charge in [0.05, 0.1) is 10.6 Å². The van der Waals surface area contributed by atoms with Gasteiger partial charge in [0.1, 0.15) is 0 Å². The van der Waals surface area contributed by atoms with Crippen LogP contribution in [0.2, 0.25) is 0 Å². The van der Waals surface area contributed by atoms with Gasteiger partial charge in [0, 0.05) is 17.3 Å². The first-order valence-corrected chi connectivity index (χ1v) is 3.80. The lowest BCUT2D eigenvalue weighted by molar-refractivity contribution is -0.385. The Labute approximate surface area is 84.0 Å². The molecule has 1 aromatic carbocycles. The molecule has 0 saturated carbocycles. The van der Waals surface area contributed by atoms with Crippen molar-refractivity contribution >= 4 is 17.1 Å². The minimum absolute atomic E-state index is 0.0978. The maximum absolute atomic E-state index is 10.5. The monoisotopic (exact) mass is 213 g/mol. The number of hydrogen-bond acceptors (Lipinski definition) is 7. The number of nitro groups is 1. The van der Waals surface area contributed by atoms with Crippen molar-refractivity contribution in [3.05, 3.63) is 38.2 Å². The predicted octanol–water partition coefficient (Wildman–Crippen LogP) is 1.51. The van der Waals surface area contributed by atoms with Gasteiger partial charge in [-0.15, -0.1) is 0 Å². The smallest absolute Gasteiger partial charge is 0.276 e. The van der Waals surface area contributed by atoms with E-state index in [-0.39, 0.29) is 16.9 Å². The van der Waals surface area contributed by atoms with Gasteiger partial charge in [-0.2, -0.15) is 0 Å². The molecule has 0 aliphatic carbocycles. The predicted molar refractivity (Wildman–Crippen MR) is 52.5 cm³/mol. The van der Waals surface area contributed by atoms with E-state index in [1.165, 1.54) is 12.4 Å². The first-order valence-electron chi connectivity index (χ1n) is 3.80. The van der Waals surface area contributed by atoms with Gasteiger partial charge in [-0.3, -0.25) is 15.3 Å². The maximum Gasteiger partial charge on any atom is 0.276 e. The summed E-state index contributed by atoms with van der Waals surface area (Å²) in [5, 5.41) is 39.5. The normalized spacial score (nSPS) is 9.87. The molecule has 0 radical (unpaired) electrons. The van der Waals surface area contributed by atoms with E-state index in [2.05, 4.69) is 0 Å². The Balaban J connectivity index is 3.38. The molecule has 1 aromatic rings. The second-order valence-corrected chi connectivity index (χ2v) is 2.77. The number of anilines is 2. The van der Waals surface area contributed by atoms with E-state index < -0.39 is 15.8 Å². The van der Waals surface area contributed by atoms with Crippen LogP contribution < -0.4 is 10.7 Å². The Hall–Kier alpha value is -1.90. The van der Waals surface area contributed by atoms with Crippen molar-refractivity contribution in [3.8, 4) is 0 Å². The molecule has 8 heteroatoms.